The predicted octanol–water partition coefficient (Wildman–Crippen LogP) is 2.39. The number of halogens is 1. The molecule has 0 saturated heterocycles. The van der Waals surface area contributed by atoms with Gasteiger partial charge in [0.15, 0.2) is 0 Å². The van der Waals surface area contributed by atoms with Crippen LogP contribution in [0.4, 0.5) is 0 Å². The molecule has 3 nitrogen and oxygen atoms in total. The lowest BCUT2D eigenvalue weighted by Gasteiger charge is -2.29. The Hall–Kier alpha value is -0.870. The van der Waals surface area contributed by atoms with Crippen molar-refractivity contribution in [3.63, 3.8) is 0 Å². The zero-order valence-electron chi connectivity index (χ0n) is 11.2. The van der Waals surface area contributed by atoms with Gasteiger partial charge >= 0.3 is 0 Å². The monoisotopic (exact) mass is 286 g/mol. The highest BCUT2D eigenvalue weighted by atomic mass is 35.5. The maximum atomic E-state index is 12.4. The predicted molar refractivity (Wildman–Crippen MR) is 79.7 cm³/mol. The average Bonchev–Trinajstić information content (AvgIpc) is 2.31. The van der Waals surface area contributed by atoms with Crippen molar-refractivity contribution in [3.8, 4) is 0 Å². The summed E-state index contributed by atoms with van der Waals surface area (Å²) in [6.45, 7) is 8.33. The number of likely N-dealkylation sites (N-methyl/N-ethyl adjacent to an activating group) is 1. The van der Waals surface area contributed by atoms with Gasteiger partial charge in [-0.3, -0.25) is 4.79 Å². The van der Waals surface area contributed by atoms with E-state index < -0.39 is 5.38 Å². The zero-order chi connectivity index (χ0) is 14.0. The second-order valence-corrected chi connectivity index (χ2v) is 5.48. The number of alkyl halides is 1. The van der Waals surface area contributed by atoms with Crippen LogP contribution in [0.15, 0.2) is 22.9 Å². The van der Waals surface area contributed by atoms with Gasteiger partial charge in [-0.2, -0.15) is 0 Å². The highest BCUT2D eigenvalue weighted by Gasteiger charge is 2.28. The van der Waals surface area contributed by atoms with Crippen LogP contribution in [-0.4, -0.2) is 33.6 Å². The molecule has 1 aliphatic carbocycles. The van der Waals surface area contributed by atoms with Crippen molar-refractivity contribution >= 4 is 34.6 Å². The second-order valence-electron chi connectivity index (χ2n) is 4.57. The summed E-state index contributed by atoms with van der Waals surface area (Å²) in [5.74, 6) is -0.0856. The third-order valence-electron chi connectivity index (χ3n) is 3.08. The minimum Gasteiger partial charge on any atom is -0.398 e. The number of allylic oxidation sites excluding steroid dienone is 2. The lowest BCUT2D eigenvalue weighted by Crippen LogP contribution is -2.40. The van der Waals surface area contributed by atoms with Gasteiger partial charge in [0.05, 0.1) is 11.0 Å². The Morgan fingerprint density at radius 3 is 2.61 bits per heavy atom. The number of nitrogens with two attached hydrogens (primary N) is 1. The van der Waals surface area contributed by atoms with E-state index in [0.717, 1.165) is 5.57 Å². The van der Waals surface area contributed by atoms with E-state index in [-0.39, 0.29) is 11.9 Å². The summed E-state index contributed by atoms with van der Waals surface area (Å²) in [4.78, 5) is 14.8. The molecule has 1 aliphatic rings. The lowest BCUT2D eigenvalue weighted by atomic mass is 9.95. The van der Waals surface area contributed by atoms with Gasteiger partial charge in [-0.1, -0.05) is 12.2 Å². The van der Waals surface area contributed by atoms with E-state index >= 15 is 0 Å². The number of hydrogen-bond acceptors (Lipinski definition) is 3. The topological polar surface area (TPSA) is 46.3 Å². The fraction of sp³-hybridized carbons (Fsp3) is 0.538. The Kier molecular flexibility index (Phi) is 4.93. The molecule has 0 saturated carbocycles. The quantitative estimate of drug-likeness (QED) is 0.640. The molecule has 18 heavy (non-hydrogen) atoms. The van der Waals surface area contributed by atoms with Gasteiger partial charge in [-0.05, 0) is 39.3 Å². The van der Waals surface area contributed by atoms with Crippen LogP contribution < -0.4 is 5.73 Å². The highest BCUT2D eigenvalue weighted by Crippen LogP contribution is 2.25. The first kappa shape index (κ1) is 15.2. The fourth-order valence-corrected chi connectivity index (χ4v) is 2.41. The van der Waals surface area contributed by atoms with Gasteiger partial charge in [0.25, 0.3) is 5.91 Å². The minimum atomic E-state index is -0.433. The Bertz CT molecular complexity index is 440. The first-order valence-corrected chi connectivity index (χ1v) is 6.83. The number of rotatable bonds is 3. The van der Waals surface area contributed by atoms with Gasteiger partial charge < -0.3 is 10.6 Å². The number of carbonyl (C=O) groups is 1. The first-order valence-electron chi connectivity index (χ1n) is 5.99. The summed E-state index contributed by atoms with van der Waals surface area (Å²) in [6.07, 6.45) is 1.65. The number of amides is 1. The van der Waals surface area contributed by atoms with Gasteiger partial charge in [0.2, 0.25) is 0 Å². The van der Waals surface area contributed by atoms with E-state index in [2.05, 4.69) is 0 Å². The third-order valence-corrected chi connectivity index (χ3v) is 4.12. The van der Waals surface area contributed by atoms with Crippen molar-refractivity contribution in [1.82, 2.24) is 4.90 Å². The van der Waals surface area contributed by atoms with Gasteiger partial charge in [-0.15, -0.1) is 11.6 Å². The van der Waals surface area contributed by atoms with Crippen molar-refractivity contribution in [2.45, 2.75) is 39.1 Å². The van der Waals surface area contributed by atoms with E-state index in [0.29, 0.717) is 22.7 Å². The molecule has 1 rings (SSSR count). The van der Waals surface area contributed by atoms with Gasteiger partial charge in [0, 0.05) is 23.1 Å². The van der Waals surface area contributed by atoms with Crippen LogP contribution in [-0.2, 0) is 4.79 Å². The molecule has 1 atom stereocenters. The third kappa shape index (κ3) is 2.75. The SMILES string of the molecule is CCN(C(=O)C1=CC(Cl)C(=S)C(C)=C1N)C(C)C. The summed E-state index contributed by atoms with van der Waals surface area (Å²) in [6, 6.07) is 0.124. The lowest BCUT2D eigenvalue weighted by molar-refractivity contribution is -0.128. The molecule has 0 aliphatic heterocycles. The molecule has 0 aromatic carbocycles. The molecule has 1 unspecified atom stereocenters. The highest BCUT2D eigenvalue weighted by molar-refractivity contribution is 7.81. The number of carbonyl (C=O) groups excluding carboxylic acids is 1. The first-order chi connectivity index (χ1) is 8.31. The van der Waals surface area contributed by atoms with Crippen molar-refractivity contribution in [3.05, 3.63) is 22.9 Å². The molecule has 0 fully saturated rings. The molecule has 0 aromatic heterocycles. The van der Waals surface area contributed by atoms with Crippen molar-refractivity contribution in [2.75, 3.05) is 6.54 Å². The average molecular weight is 287 g/mol. The molecule has 0 aromatic rings. The smallest absolute Gasteiger partial charge is 0.255 e. The molecule has 5 heteroatoms. The van der Waals surface area contributed by atoms with Crippen LogP contribution in [0, 0.1) is 0 Å². The van der Waals surface area contributed by atoms with E-state index in [1.807, 2.05) is 20.8 Å². The van der Waals surface area contributed by atoms with Crippen LogP contribution in [0.5, 0.6) is 0 Å². The molecular weight excluding hydrogens is 268 g/mol. The molecule has 0 spiro atoms. The van der Waals surface area contributed by atoms with Gasteiger partial charge in [0.1, 0.15) is 0 Å². The van der Waals surface area contributed by atoms with Crippen LogP contribution in [0.1, 0.15) is 27.7 Å². The van der Waals surface area contributed by atoms with Crippen molar-refractivity contribution in [2.24, 2.45) is 5.73 Å². The van der Waals surface area contributed by atoms with E-state index in [1.165, 1.54) is 0 Å². The summed E-state index contributed by atoms with van der Waals surface area (Å²) >= 11 is 11.3. The molecule has 0 radical (unpaired) electrons. The summed E-state index contributed by atoms with van der Waals surface area (Å²) in [5, 5.41) is -0.433. The van der Waals surface area contributed by atoms with Crippen molar-refractivity contribution < 1.29 is 4.79 Å². The number of thiocarbonyl (C=S) groups is 1. The maximum Gasteiger partial charge on any atom is 0.255 e. The zero-order valence-corrected chi connectivity index (χ0v) is 12.7. The molecule has 2 N–H and O–H groups in total. The maximum absolute atomic E-state index is 12.4. The summed E-state index contributed by atoms with van der Waals surface area (Å²) in [7, 11) is 0. The van der Waals surface area contributed by atoms with Crippen molar-refractivity contribution in [1.29, 1.82) is 0 Å². The van der Waals surface area contributed by atoms with E-state index in [9.17, 15) is 4.79 Å². The van der Waals surface area contributed by atoms with E-state index in [4.69, 9.17) is 29.6 Å². The largest absolute Gasteiger partial charge is 0.398 e. The van der Waals surface area contributed by atoms with Crippen LogP contribution in [0.25, 0.3) is 0 Å². The van der Waals surface area contributed by atoms with E-state index in [1.54, 1.807) is 17.9 Å². The molecule has 0 heterocycles. The van der Waals surface area contributed by atoms with Gasteiger partial charge in [-0.25, -0.2) is 0 Å². The standard InChI is InChI=1S/C13H19ClN2OS/c1-5-16(7(2)3)13(17)9-6-10(14)12(18)8(4)11(9)15/h6-7,10H,5,15H2,1-4H3. The molecule has 100 valence electrons. The fourth-order valence-electron chi connectivity index (χ4n) is 1.94. The summed E-state index contributed by atoms with van der Waals surface area (Å²) in [5.41, 5.74) is 7.63. The Morgan fingerprint density at radius 1 is 1.61 bits per heavy atom. The molecular formula is C13H19ClN2OS. The molecule has 0 bridgehead atoms. The Labute approximate surface area is 119 Å². The normalized spacial score (nSPS) is 20.2. The molecule has 1 amide bonds. The summed E-state index contributed by atoms with van der Waals surface area (Å²) < 4.78 is 0. The second kappa shape index (κ2) is 5.85. The Morgan fingerprint density at radius 2 is 2.17 bits per heavy atom. The number of hydrogen-bond donors (Lipinski definition) is 1. The van der Waals surface area contributed by atoms with Crippen LogP contribution in [0.2, 0.25) is 0 Å². The number of nitrogens with zero attached hydrogens (tertiary/aromatic N) is 1. The Balaban J connectivity index is 3.14. The minimum absolute atomic E-state index is 0.0856. The van der Waals surface area contributed by atoms with Crippen LogP contribution in [0.3, 0.4) is 0 Å². The van der Waals surface area contributed by atoms with Crippen LogP contribution >= 0.6 is 23.8 Å².